The minimum atomic E-state index is -0.328. The fraction of sp³-hybridized carbons (Fsp3) is 0.632. The van der Waals surface area contributed by atoms with Gasteiger partial charge in [-0.05, 0) is 55.3 Å². The summed E-state index contributed by atoms with van der Waals surface area (Å²) < 4.78 is 5.25. The molecule has 0 saturated carbocycles. The summed E-state index contributed by atoms with van der Waals surface area (Å²) in [5, 5.41) is 6.65. The van der Waals surface area contributed by atoms with Crippen LogP contribution in [-0.4, -0.2) is 23.6 Å². The third kappa shape index (κ3) is 5.51. The van der Waals surface area contributed by atoms with Crippen molar-refractivity contribution < 1.29 is 14.3 Å². The van der Waals surface area contributed by atoms with E-state index >= 15 is 0 Å². The van der Waals surface area contributed by atoms with E-state index in [1.165, 1.54) is 16.2 Å². The zero-order valence-electron chi connectivity index (χ0n) is 16.2. The Labute approximate surface area is 164 Å². The number of anilines is 1. The Kier molecular flexibility index (Phi) is 6.80. The molecule has 0 radical (unpaired) electrons. The van der Waals surface area contributed by atoms with Gasteiger partial charge in [-0.3, -0.25) is 4.79 Å². The molecule has 1 atom stereocenters. The summed E-state index contributed by atoms with van der Waals surface area (Å²) in [7, 11) is 0. The summed E-state index contributed by atoms with van der Waals surface area (Å²) in [6, 6.07) is 0. The molecule has 0 fully saturated rings. The highest BCUT2D eigenvalue weighted by molar-refractivity contribution is 7.80. The lowest BCUT2D eigenvalue weighted by atomic mass is 9.88. The lowest BCUT2D eigenvalue weighted by Gasteiger charge is -2.18. The third-order valence-electron chi connectivity index (χ3n) is 4.16. The Balaban J connectivity index is 2.18. The number of thiocarbonyl (C=S) groups is 1. The number of carbonyl (C=O) groups excluding carboxylic acids is 2. The number of hydrogen-bond donors (Lipinski definition) is 2. The Bertz CT molecular complexity index is 704. The lowest BCUT2D eigenvalue weighted by molar-refractivity contribution is -0.121. The molecule has 0 saturated heterocycles. The number of ether oxygens (including phenoxy) is 1. The van der Waals surface area contributed by atoms with Crippen molar-refractivity contribution in [1.29, 1.82) is 0 Å². The lowest BCUT2D eigenvalue weighted by Crippen LogP contribution is -2.36. The molecule has 1 unspecified atom stereocenters. The molecule has 0 aliphatic heterocycles. The average molecular weight is 397 g/mol. The van der Waals surface area contributed by atoms with Gasteiger partial charge >= 0.3 is 5.97 Å². The van der Waals surface area contributed by atoms with Crippen molar-refractivity contribution in [3.63, 3.8) is 0 Å². The summed E-state index contributed by atoms with van der Waals surface area (Å²) in [5.74, 6) is 0.135. The van der Waals surface area contributed by atoms with Crippen LogP contribution in [0.1, 0.15) is 68.3 Å². The van der Waals surface area contributed by atoms with E-state index in [2.05, 4.69) is 17.6 Å². The van der Waals surface area contributed by atoms with Crippen LogP contribution in [0.15, 0.2) is 0 Å². The molecular weight excluding hydrogens is 368 g/mol. The van der Waals surface area contributed by atoms with Crippen molar-refractivity contribution in [3.8, 4) is 0 Å². The van der Waals surface area contributed by atoms with Crippen molar-refractivity contribution in [2.75, 3.05) is 11.9 Å². The zero-order valence-corrected chi connectivity index (χ0v) is 17.8. The number of rotatable bonds is 4. The summed E-state index contributed by atoms with van der Waals surface area (Å²) >= 11 is 6.83. The highest BCUT2D eigenvalue weighted by atomic mass is 32.1. The van der Waals surface area contributed by atoms with Crippen LogP contribution in [0, 0.1) is 11.3 Å². The van der Waals surface area contributed by atoms with Crippen LogP contribution in [0.3, 0.4) is 0 Å². The first-order chi connectivity index (χ1) is 12.1. The Morgan fingerprint density at radius 3 is 2.65 bits per heavy atom. The minimum absolute atomic E-state index is 0.117. The van der Waals surface area contributed by atoms with E-state index < -0.39 is 0 Å². The largest absolute Gasteiger partial charge is 0.462 e. The maximum absolute atomic E-state index is 12.5. The second kappa shape index (κ2) is 8.48. The molecule has 7 heteroatoms. The summed E-state index contributed by atoms with van der Waals surface area (Å²) in [5.41, 5.74) is 1.53. The molecule has 1 heterocycles. The number of amides is 1. The molecule has 144 valence electrons. The highest BCUT2D eigenvalue weighted by Crippen LogP contribution is 2.40. The molecule has 2 N–H and O–H groups in total. The van der Waals surface area contributed by atoms with Crippen LogP contribution in [0.5, 0.6) is 0 Å². The number of esters is 1. The minimum Gasteiger partial charge on any atom is -0.462 e. The molecule has 1 amide bonds. The van der Waals surface area contributed by atoms with Gasteiger partial charge in [-0.2, -0.15) is 0 Å². The van der Waals surface area contributed by atoms with E-state index in [1.54, 1.807) is 6.92 Å². The van der Waals surface area contributed by atoms with Gasteiger partial charge in [-0.1, -0.05) is 27.7 Å². The standard InChI is InChI=1S/C19H28N2O3S2/c1-6-24-17(23)15-12-8-7-11(2)9-13(12)26-16(15)21-18(25)20-14(22)10-19(3,4)5/h11H,6-10H2,1-5H3,(H2,20,21,22,25). The van der Waals surface area contributed by atoms with E-state index in [1.807, 2.05) is 20.8 Å². The molecule has 2 rings (SSSR count). The molecule has 0 aromatic carbocycles. The molecule has 1 aliphatic rings. The summed E-state index contributed by atoms with van der Waals surface area (Å²) in [4.78, 5) is 25.8. The summed E-state index contributed by atoms with van der Waals surface area (Å²) in [6.45, 7) is 10.3. The van der Waals surface area contributed by atoms with E-state index in [0.717, 1.165) is 24.8 Å². The fourth-order valence-corrected chi connectivity index (χ4v) is 4.73. The second-order valence-electron chi connectivity index (χ2n) is 8.02. The van der Waals surface area contributed by atoms with Crippen molar-refractivity contribution >= 4 is 45.5 Å². The van der Waals surface area contributed by atoms with E-state index in [9.17, 15) is 9.59 Å². The molecule has 1 aromatic rings. The molecule has 26 heavy (non-hydrogen) atoms. The van der Waals surface area contributed by atoms with Gasteiger partial charge in [0.2, 0.25) is 5.91 Å². The molecule has 1 aliphatic carbocycles. The number of nitrogens with one attached hydrogen (secondary N) is 2. The maximum Gasteiger partial charge on any atom is 0.341 e. The van der Waals surface area contributed by atoms with Gasteiger partial charge < -0.3 is 15.4 Å². The predicted molar refractivity (Wildman–Crippen MR) is 110 cm³/mol. The Morgan fingerprint density at radius 2 is 2.04 bits per heavy atom. The highest BCUT2D eigenvalue weighted by Gasteiger charge is 2.29. The van der Waals surface area contributed by atoms with Gasteiger partial charge in [0.1, 0.15) is 5.00 Å². The fourth-order valence-electron chi connectivity index (χ4n) is 3.04. The number of fused-ring (bicyclic) bond motifs is 1. The van der Waals surface area contributed by atoms with Crippen molar-refractivity contribution in [3.05, 3.63) is 16.0 Å². The summed E-state index contributed by atoms with van der Waals surface area (Å²) in [6.07, 6.45) is 3.25. The third-order valence-corrected chi connectivity index (χ3v) is 5.54. The Morgan fingerprint density at radius 1 is 1.35 bits per heavy atom. The van der Waals surface area contributed by atoms with Crippen molar-refractivity contribution in [2.45, 2.75) is 60.3 Å². The average Bonchev–Trinajstić information content (AvgIpc) is 2.81. The van der Waals surface area contributed by atoms with Crippen LogP contribution in [-0.2, 0) is 22.4 Å². The number of carbonyl (C=O) groups is 2. The first kappa shape index (κ1) is 20.8. The van der Waals surface area contributed by atoms with Gasteiger partial charge in [0.05, 0.1) is 12.2 Å². The molecule has 5 nitrogen and oxygen atoms in total. The van der Waals surface area contributed by atoms with Crippen LogP contribution >= 0.6 is 23.6 Å². The van der Waals surface area contributed by atoms with Gasteiger partial charge in [0.15, 0.2) is 5.11 Å². The van der Waals surface area contributed by atoms with Crippen LogP contribution in [0.4, 0.5) is 5.00 Å². The first-order valence-electron chi connectivity index (χ1n) is 9.03. The van der Waals surface area contributed by atoms with Gasteiger partial charge in [-0.25, -0.2) is 4.79 Å². The SMILES string of the molecule is CCOC(=O)c1c(NC(=S)NC(=O)CC(C)(C)C)sc2c1CCC(C)C2. The number of hydrogen-bond acceptors (Lipinski definition) is 5. The second-order valence-corrected chi connectivity index (χ2v) is 9.53. The molecular formula is C19H28N2O3S2. The normalized spacial score (nSPS) is 16.6. The maximum atomic E-state index is 12.5. The monoisotopic (exact) mass is 396 g/mol. The Hall–Kier alpha value is -1.47. The van der Waals surface area contributed by atoms with Gasteiger partial charge in [0.25, 0.3) is 0 Å². The number of thiophene rings is 1. The van der Waals surface area contributed by atoms with Crippen LogP contribution < -0.4 is 10.6 Å². The van der Waals surface area contributed by atoms with E-state index in [4.69, 9.17) is 17.0 Å². The van der Waals surface area contributed by atoms with E-state index in [-0.39, 0.29) is 22.4 Å². The van der Waals surface area contributed by atoms with Crippen molar-refractivity contribution in [1.82, 2.24) is 5.32 Å². The smallest absolute Gasteiger partial charge is 0.341 e. The van der Waals surface area contributed by atoms with Crippen LogP contribution in [0.25, 0.3) is 0 Å². The quantitative estimate of drug-likeness (QED) is 0.587. The van der Waals surface area contributed by atoms with Crippen LogP contribution in [0.2, 0.25) is 0 Å². The molecule has 0 spiro atoms. The first-order valence-corrected chi connectivity index (χ1v) is 10.3. The van der Waals surface area contributed by atoms with E-state index in [0.29, 0.717) is 29.5 Å². The van der Waals surface area contributed by atoms with Gasteiger partial charge in [-0.15, -0.1) is 11.3 Å². The molecule has 1 aromatic heterocycles. The van der Waals surface area contributed by atoms with Gasteiger partial charge in [0, 0.05) is 11.3 Å². The predicted octanol–water partition coefficient (Wildman–Crippen LogP) is 4.30. The van der Waals surface area contributed by atoms with Crippen molar-refractivity contribution in [2.24, 2.45) is 11.3 Å². The topological polar surface area (TPSA) is 67.4 Å². The zero-order chi connectivity index (χ0) is 19.5. The molecule has 0 bridgehead atoms.